The number of carbonyl (C=O) groups excluding carboxylic acids is 1. The van der Waals surface area contributed by atoms with Crippen molar-refractivity contribution in [3.63, 3.8) is 0 Å². The Morgan fingerprint density at radius 1 is 1.17 bits per heavy atom. The summed E-state index contributed by atoms with van der Waals surface area (Å²) in [4.78, 5) is 11.7. The predicted octanol–water partition coefficient (Wildman–Crippen LogP) is 3.91. The third-order valence-electron chi connectivity index (χ3n) is 2.99. The van der Waals surface area contributed by atoms with Crippen LogP contribution in [0.25, 0.3) is 0 Å². The van der Waals surface area contributed by atoms with E-state index >= 15 is 0 Å². The number of rotatable bonds is 1. The van der Waals surface area contributed by atoms with Crippen LogP contribution < -0.4 is 5.32 Å². The second-order valence-corrected chi connectivity index (χ2v) is 5.82. The highest BCUT2D eigenvalue weighted by Gasteiger charge is 2.17. The van der Waals surface area contributed by atoms with Gasteiger partial charge in [0, 0.05) is 5.69 Å². The Morgan fingerprint density at radius 2 is 1.83 bits per heavy atom. The lowest BCUT2D eigenvalue weighted by Gasteiger charge is -2.21. The van der Waals surface area contributed by atoms with Gasteiger partial charge < -0.3 is 4.74 Å². The van der Waals surface area contributed by atoms with Gasteiger partial charge in [0.15, 0.2) is 0 Å². The van der Waals surface area contributed by atoms with E-state index in [2.05, 4.69) is 17.4 Å². The first-order valence-electron chi connectivity index (χ1n) is 6.56. The number of ether oxygens (including phenoxy) is 1. The Morgan fingerprint density at radius 3 is 2.50 bits per heavy atom. The molecule has 1 aromatic rings. The van der Waals surface area contributed by atoms with Gasteiger partial charge in [0.05, 0.1) is 0 Å². The number of benzene rings is 1. The standard InChI is InChI=1S/C15H21NO2/c1-15(2,3)18-14(17)16-13-9-8-11-6-4-5-7-12(11)10-13/h8-10H,4-7H2,1-3H3,(H,16,17). The number of amides is 1. The molecule has 1 amide bonds. The molecule has 0 radical (unpaired) electrons. The summed E-state index contributed by atoms with van der Waals surface area (Å²) in [5.41, 5.74) is 3.13. The average molecular weight is 247 g/mol. The van der Waals surface area contributed by atoms with Crippen molar-refractivity contribution in [2.45, 2.75) is 52.1 Å². The van der Waals surface area contributed by atoms with E-state index < -0.39 is 11.7 Å². The van der Waals surface area contributed by atoms with E-state index in [0.717, 1.165) is 18.5 Å². The van der Waals surface area contributed by atoms with Gasteiger partial charge in [0.25, 0.3) is 0 Å². The smallest absolute Gasteiger partial charge is 0.412 e. The van der Waals surface area contributed by atoms with Gasteiger partial charge in [-0.3, -0.25) is 5.32 Å². The number of hydrogen-bond donors (Lipinski definition) is 1. The fourth-order valence-electron chi connectivity index (χ4n) is 2.23. The molecule has 1 N–H and O–H groups in total. The average Bonchev–Trinajstić information content (AvgIpc) is 2.26. The van der Waals surface area contributed by atoms with Crippen LogP contribution in [0.2, 0.25) is 0 Å². The van der Waals surface area contributed by atoms with Crippen molar-refractivity contribution in [2.75, 3.05) is 5.32 Å². The van der Waals surface area contributed by atoms with E-state index in [9.17, 15) is 4.79 Å². The largest absolute Gasteiger partial charge is 0.444 e. The van der Waals surface area contributed by atoms with E-state index in [0.29, 0.717) is 0 Å². The van der Waals surface area contributed by atoms with Gasteiger partial charge in [-0.1, -0.05) is 6.07 Å². The zero-order valence-electron chi connectivity index (χ0n) is 11.4. The monoisotopic (exact) mass is 247 g/mol. The quantitative estimate of drug-likeness (QED) is 0.817. The van der Waals surface area contributed by atoms with Crippen LogP contribution in [-0.2, 0) is 17.6 Å². The summed E-state index contributed by atoms with van der Waals surface area (Å²) in [5.74, 6) is 0. The minimum absolute atomic E-state index is 0.391. The normalized spacial score (nSPS) is 14.8. The molecule has 98 valence electrons. The minimum Gasteiger partial charge on any atom is -0.444 e. The Balaban J connectivity index is 2.04. The van der Waals surface area contributed by atoms with Crippen molar-refractivity contribution in [3.8, 4) is 0 Å². The molecule has 1 aliphatic carbocycles. The Kier molecular flexibility index (Phi) is 3.60. The molecule has 0 fully saturated rings. The van der Waals surface area contributed by atoms with Crippen LogP contribution in [0.5, 0.6) is 0 Å². The summed E-state index contributed by atoms with van der Waals surface area (Å²) in [6.45, 7) is 5.58. The second kappa shape index (κ2) is 5.01. The second-order valence-electron chi connectivity index (χ2n) is 5.82. The molecule has 0 saturated heterocycles. The van der Waals surface area contributed by atoms with Crippen LogP contribution in [0, 0.1) is 0 Å². The van der Waals surface area contributed by atoms with Gasteiger partial charge in [-0.2, -0.15) is 0 Å². The Labute approximate surface area is 109 Å². The summed E-state index contributed by atoms with van der Waals surface area (Å²) in [7, 11) is 0. The third-order valence-corrected chi connectivity index (χ3v) is 2.99. The van der Waals surface area contributed by atoms with E-state index in [1.165, 1.54) is 24.0 Å². The molecule has 0 unspecified atom stereocenters. The summed E-state index contributed by atoms with van der Waals surface area (Å²) in [6, 6.07) is 6.13. The summed E-state index contributed by atoms with van der Waals surface area (Å²) in [6.07, 6.45) is 4.38. The first-order valence-corrected chi connectivity index (χ1v) is 6.56. The lowest BCUT2D eigenvalue weighted by atomic mass is 9.91. The summed E-state index contributed by atoms with van der Waals surface area (Å²) in [5, 5.41) is 2.79. The number of aryl methyl sites for hydroxylation is 2. The topological polar surface area (TPSA) is 38.3 Å². The minimum atomic E-state index is -0.460. The van der Waals surface area contributed by atoms with Crippen molar-refractivity contribution in [1.82, 2.24) is 0 Å². The zero-order valence-corrected chi connectivity index (χ0v) is 11.4. The molecular weight excluding hydrogens is 226 g/mol. The highest BCUT2D eigenvalue weighted by molar-refractivity contribution is 5.85. The number of nitrogens with one attached hydrogen (secondary N) is 1. The molecule has 2 rings (SSSR count). The maximum Gasteiger partial charge on any atom is 0.412 e. The zero-order chi connectivity index (χ0) is 13.2. The van der Waals surface area contributed by atoms with Crippen molar-refractivity contribution < 1.29 is 9.53 Å². The molecule has 0 aromatic heterocycles. The lowest BCUT2D eigenvalue weighted by molar-refractivity contribution is 0.0636. The molecule has 0 bridgehead atoms. The van der Waals surface area contributed by atoms with Gasteiger partial charge in [0.1, 0.15) is 5.60 Å². The van der Waals surface area contributed by atoms with E-state index in [1.54, 1.807) is 0 Å². The highest BCUT2D eigenvalue weighted by atomic mass is 16.6. The first-order chi connectivity index (χ1) is 8.44. The van der Waals surface area contributed by atoms with Gasteiger partial charge in [-0.15, -0.1) is 0 Å². The van der Waals surface area contributed by atoms with E-state index in [4.69, 9.17) is 4.74 Å². The fraction of sp³-hybridized carbons (Fsp3) is 0.533. The van der Waals surface area contributed by atoms with Gasteiger partial charge >= 0.3 is 6.09 Å². The van der Waals surface area contributed by atoms with Crippen LogP contribution in [-0.4, -0.2) is 11.7 Å². The lowest BCUT2D eigenvalue weighted by Crippen LogP contribution is -2.27. The maximum atomic E-state index is 11.7. The summed E-state index contributed by atoms with van der Waals surface area (Å²) < 4.78 is 5.24. The van der Waals surface area contributed by atoms with Crippen molar-refractivity contribution >= 4 is 11.8 Å². The molecule has 0 aliphatic heterocycles. The molecule has 3 nitrogen and oxygen atoms in total. The SMILES string of the molecule is CC(C)(C)OC(=O)Nc1ccc2c(c1)CCCC2. The van der Waals surface area contributed by atoms with Crippen molar-refractivity contribution in [2.24, 2.45) is 0 Å². The molecule has 0 atom stereocenters. The molecule has 1 aromatic carbocycles. The maximum absolute atomic E-state index is 11.7. The molecule has 0 spiro atoms. The van der Waals surface area contributed by atoms with Crippen LogP contribution in [0.4, 0.5) is 10.5 Å². The van der Waals surface area contributed by atoms with Crippen LogP contribution >= 0.6 is 0 Å². The molecule has 3 heteroatoms. The van der Waals surface area contributed by atoms with Gasteiger partial charge in [0.2, 0.25) is 0 Å². The molecule has 0 heterocycles. The van der Waals surface area contributed by atoms with Crippen molar-refractivity contribution in [3.05, 3.63) is 29.3 Å². The number of fused-ring (bicyclic) bond motifs is 1. The van der Waals surface area contributed by atoms with E-state index in [-0.39, 0.29) is 0 Å². The number of hydrogen-bond acceptors (Lipinski definition) is 2. The van der Waals surface area contributed by atoms with Crippen LogP contribution in [0.1, 0.15) is 44.7 Å². The van der Waals surface area contributed by atoms with E-state index in [1.807, 2.05) is 26.8 Å². The highest BCUT2D eigenvalue weighted by Crippen LogP contribution is 2.24. The molecular formula is C15H21NO2. The van der Waals surface area contributed by atoms with Gasteiger partial charge in [-0.25, -0.2) is 4.79 Å². The van der Waals surface area contributed by atoms with Crippen LogP contribution in [0.15, 0.2) is 18.2 Å². The predicted molar refractivity (Wildman–Crippen MR) is 72.9 cm³/mol. The van der Waals surface area contributed by atoms with Crippen molar-refractivity contribution in [1.29, 1.82) is 0 Å². The number of anilines is 1. The molecule has 18 heavy (non-hydrogen) atoms. The fourth-order valence-corrected chi connectivity index (χ4v) is 2.23. The molecule has 1 aliphatic rings. The summed E-state index contributed by atoms with van der Waals surface area (Å²) >= 11 is 0. The number of carbonyl (C=O) groups is 1. The Hall–Kier alpha value is -1.51. The van der Waals surface area contributed by atoms with Gasteiger partial charge in [-0.05, 0) is 69.7 Å². The Bertz CT molecular complexity index is 446. The third kappa shape index (κ3) is 3.49. The molecule has 0 saturated carbocycles. The van der Waals surface area contributed by atoms with Crippen LogP contribution in [0.3, 0.4) is 0 Å². The first kappa shape index (κ1) is 12.9.